The number of carbonyl (C=O) groups excluding carboxylic acids is 1. The molecule has 1 saturated heterocycles. The molecule has 4 nitrogen and oxygen atoms in total. The van der Waals surface area contributed by atoms with E-state index < -0.39 is 0 Å². The molecule has 98 valence electrons. The fourth-order valence-corrected chi connectivity index (χ4v) is 2.43. The first-order valence-corrected chi connectivity index (χ1v) is 6.98. The van der Waals surface area contributed by atoms with Crippen LogP contribution in [0.25, 0.3) is 0 Å². The third-order valence-corrected chi connectivity index (χ3v) is 3.81. The maximum Gasteiger partial charge on any atom is 0.237 e. The summed E-state index contributed by atoms with van der Waals surface area (Å²) in [5, 5.41) is 6.38. The maximum atomic E-state index is 11.9. The quantitative estimate of drug-likeness (QED) is 0.743. The van der Waals surface area contributed by atoms with Crippen LogP contribution < -0.4 is 10.6 Å². The number of nitrogens with one attached hydrogen (secondary N) is 2. The van der Waals surface area contributed by atoms with Gasteiger partial charge in [0.15, 0.2) is 0 Å². The molecule has 0 spiro atoms. The lowest BCUT2D eigenvalue weighted by Crippen LogP contribution is -2.45. The van der Waals surface area contributed by atoms with Crippen molar-refractivity contribution >= 4 is 5.91 Å². The summed E-state index contributed by atoms with van der Waals surface area (Å²) >= 11 is 0. The number of rotatable bonds is 5. The smallest absolute Gasteiger partial charge is 0.237 e. The molecule has 1 aliphatic heterocycles. The highest BCUT2D eigenvalue weighted by atomic mass is 16.2. The van der Waals surface area contributed by atoms with E-state index in [9.17, 15) is 4.79 Å². The molecule has 1 atom stereocenters. The van der Waals surface area contributed by atoms with Crippen LogP contribution in [0.5, 0.6) is 0 Å². The molecule has 2 aliphatic rings. The van der Waals surface area contributed by atoms with Crippen LogP contribution in [0.2, 0.25) is 0 Å². The molecule has 1 aliphatic carbocycles. The Morgan fingerprint density at radius 2 is 2.12 bits per heavy atom. The zero-order valence-corrected chi connectivity index (χ0v) is 10.9. The largest absolute Gasteiger partial charge is 0.353 e. The molecular formula is C13H25N3O. The molecule has 2 fully saturated rings. The Hall–Kier alpha value is -0.610. The number of amides is 1. The molecule has 0 aromatic carbocycles. The molecule has 1 heterocycles. The van der Waals surface area contributed by atoms with Crippen LogP contribution in [0.3, 0.4) is 0 Å². The van der Waals surface area contributed by atoms with E-state index in [4.69, 9.17) is 0 Å². The zero-order valence-electron chi connectivity index (χ0n) is 10.9. The summed E-state index contributed by atoms with van der Waals surface area (Å²) in [6.07, 6.45) is 7.27. The van der Waals surface area contributed by atoms with Crippen molar-refractivity contribution < 1.29 is 4.79 Å². The molecule has 0 aromatic rings. The Bertz CT molecular complexity index is 245. The molecule has 0 radical (unpaired) electrons. The van der Waals surface area contributed by atoms with Crippen molar-refractivity contribution in [1.29, 1.82) is 0 Å². The molecule has 2 rings (SSSR count). The zero-order chi connectivity index (χ0) is 12.1. The van der Waals surface area contributed by atoms with Crippen molar-refractivity contribution in [3.8, 4) is 0 Å². The molecule has 1 amide bonds. The van der Waals surface area contributed by atoms with E-state index in [1.807, 2.05) is 0 Å². The van der Waals surface area contributed by atoms with Crippen molar-refractivity contribution in [2.45, 2.75) is 50.6 Å². The van der Waals surface area contributed by atoms with Crippen LogP contribution in [0.1, 0.15) is 38.5 Å². The summed E-state index contributed by atoms with van der Waals surface area (Å²) in [6, 6.07) is 0.826. The van der Waals surface area contributed by atoms with E-state index in [1.165, 1.54) is 32.1 Å². The molecule has 1 unspecified atom stereocenters. The average Bonchev–Trinajstić information content (AvgIpc) is 3.15. The van der Waals surface area contributed by atoms with Gasteiger partial charge in [0.1, 0.15) is 0 Å². The Morgan fingerprint density at radius 1 is 1.29 bits per heavy atom. The van der Waals surface area contributed by atoms with Crippen molar-refractivity contribution in [3.63, 3.8) is 0 Å². The van der Waals surface area contributed by atoms with Gasteiger partial charge in [-0.3, -0.25) is 4.79 Å². The predicted molar refractivity (Wildman–Crippen MR) is 68.9 cm³/mol. The van der Waals surface area contributed by atoms with Gasteiger partial charge in [-0.05, 0) is 39.3 Å². The van der Waals surface area contributed by atoms with Gasteiger partial charge in [0.2, 0.25) is 5.91 Å². The highest BCUT2D eigenvalue weighted by Crippen LogP contribution is 2.24. The molecule has 4 heteroatoms. The monoisotopic (exact) mass is 239 g/mol. The Kier molecular flexibility index (Phi) is 4.80. The summed E-state index contributed by atoms with van der Waals surface area (Å²) in [6.45, 7) is 2.74. The van der Waals surface area contributed by atoms with Gasteiger partial charge in [0.25, 0.3) is 0 Å². The highest BCUT2D eigenvalue weighted by molar-refractivity contribution is 5.81. The van der Waals surface area contributed by atoms with Gasteiger partial charge < -0.3 is 15.5 Å². The summed E-state index contributed by atoms with van der Waals surface area (Å²) in [5.41, 5.74) is 0. The van der Waals surface area contributed by atoms with Crippen LogP contribution >= 0.6 is 0 Å². The summed E-state index contributed by atoms with van der Waals surface area (Å²) in [4.78, 5) is 14.3. The third-order valence-electron chi connectivity index (χ3n) is 3.81. The molecule has 2 N–H and O–H groups in total. The summed E-state index contributed by atoms with van der Waals surface area (Å²) in [5.74, 6) is 0.191. The number of nitrogens with zero attached hydrogens (tertiary/aromatic N) is 1. The van der Waals surface area contributed by atoms with Gasteiger partial charge in [0, 0.05) is 19.1 Å². The SMILES string of the molecule is CN(CCNC(=O)C1CCCCCN1)C1CC1. The molecule has 17 heavy (non-hydrogen) atoms. The molecule has 0 aromatic heterocycles. The average molecular weight is 239 g/mol. The van der Waals surface area contributed by atoms with Gasteiger partial charge in [-0.15, -0.1) is 0 Å². The van der Waals surface area contributed by atoms with E-state index in [-0.39, 0.29) is 11.9 Å². The minimum Gasteiger partial charge on any atom is -0.353 e. The second-order valence-corrected chi connectivity index (χ2v) is 5.36. The second-order valence-electron chi connectivity index (χ2n) is 5.36. The minimum atomic E-state index is 0.0451. The maximum absolute atomic E-state index is 11.9. The number of carbonyl (C=O) groups is 1. The van der Waals surface area contributed by atoms with E-state index in [0.29, 0.717) is 0 Å². The fourth-order valence-electron chi connectivity index (χ4n) is 2.43. The van der Waals surface area contributed by atoms with Gasteiger partial charge in [0.05, 0.1) is 6.04 Å². The fraction of sp³-hybridized carbons (Fsp3) is 0.923. The van der Waals surface area contributed by atoms with Crippen molar-refractivity contribution in [2.24, 2.45) is 0 Å². The molecule has 1 saturated carbocycles. The van der Waals surface area contributed by atoms with Crippen LogP contribution in [0, 0.1) is 0 Å². The highest BCUT2D eigenvalue weighted by Gasteiger charge is 2.26. The van der Waals surface area contributed by atoms with Crippen LogP contribution in [0.4, 0.5) is 0 Å². The normalized spacial score (nSPS) is 25.6. The van der Waals surface area contributed by atoms with Gasteiger partial charge in [-0.2, -0.15) is 0 Å². The van der Waals surface area contributed by atoms with Crippen LogP contribution in [-0.2, 0) is 4.79 Å². The lowest BCUT2D eigenvalue weighted by Gasteiger charge is -2.18. The third kappa shape index (κ3) is 4.28. The molecular weight excluding hydrogens is 214 g/mol. The first-order valence-electron chi connectivity index (χ1n) is 6.98. The van der Waals surface area contributed by atoms with E-state index in [0.717, 1.165) is 32.1 Å². The lowest BCUT2D eigenvalue weighted by atomic mass is 10.1. The van der Waals surface area contributed by atoms with E-state index in [2.05, 4.69) is 22.6 Å². The number of likely N-dealkylation sites (N-methyl/N-ethyl adjacent to an activating group) is 1. The molecule has 0 bridgehead atoms. The standard InChI is InChI=1S/C13H25N3O/c1-16(11-6-7-11)10-9-15-13(17)12-5-3-2-4-8-14-12/h11-12,14H,2-10H2,1H3,(H,15,17). The summed E-state index contributed by atoms with van der Waals surface area (Å²) in [7, 11) is 2.15. The lowest BCUT2D eigenvalue weighted by molar-refractivity contribution is -0.123. The second kappa shape index (κ2) is 6.36. The van der Waals surface area contributed by atoms with Crippen molar-refractivity contribution in [3.05, 3.63) is 0 Å². The van der Waals surface area contributed by atoms with E-state index >= 15 is 0 Å². The van der Waals surface area contributed by atoms with Gasteiger partial charge in [-0.25, -0.2) is 0 Å². The topological polar surface area (TPSA) is 44.4 Å². The first-order chi connectivity index (χ1) is 8.27. The Morgan fingerprint density at radius 3 is 2.88 bits per heavy atom. The van der Waals surface area contributed by atoms with Crippen LogP contribution in [0.15, 0.2) is 0 Å². The van der Waals surface area contributed by atoms with Gasteiger partial charge in [-0.1, -0.05) is 12.8 Å². The Balaban J connectivity index is 1.61. The number of hydrogen-bond donors (Lipinski definition) is 2. The van der Waals surface area contributed by atoms with Gasteiger partial charge >= 0.3 is 0 Å². The predicted octanol–water partition coefficient (Wildman–Crippen LogP) is 0.729. The summed E-state index contributed by atoms with van der Waals surface area (Å²) < 4.78 is 0. The van der Waals surface area contributed by atoms with Crippen molar-refractivity contribution in [1.82, 2.24) is 15.5 Å². The Labute approximate surface area is 104 Å². The number of hydrogen-bond acceptors (Lipinski definition) is 3. The first kappa shape index (κ1) is 12.8. The minimum absolute atomic E-state index is 0.0451. The van der Waals surface area contributed by atoms with Crippen molar-refractivity contribution in [2.75, 3.05) is 26.7 Å². The van der Waals surface area contributed by atoms with E-state index in [1.54, 1.807) is 0 Å². The van der Waals surface area contributed by atoms with Crippen LogP contribution in [-0.4, -0.2) is 49.6 Å².